The van der Waals surface area contributed by atoms with Crippen LogP contribution in [0.3, 0.4) is 0 Å². The van der Waals surface area contributed by atoms with Crippen LogP contribution in [0.15, 0.2) is 43.0 Å². The molecule has 3 aromatic rings. The Hall–Kier alpha value is -3.03. The third-order valence-corrected chi connectivity index (χ3v) is 4.64. The van der Waals surface area contributed by atoms with Crippen LogP contribution in [0.1, 0.15) is 27.2 Å². The first-order valence-electron chi connectivity index (χ1n) is 8.47. The fourth-order valence-electron chi connectivity index (χ4n) is 3.26. The average Bonchev–Trinajstić information content (AvgIpc) is 2.91. The van der Waals surface area contributed by atoms with Crippen LogP contribution < -0.4 is 4.74 Å². The SMILES string of the molecule is C=C(F)c1ccc(C(=O)n2c(C)c(CC(O)O)c3cc(OC)c(F)cc32)cc1. The molecule has 28 heavy (non-hydrogen) atoms. The van der Waals surface area contributed by atoms with Gasteiger partial charge in [-0.15, -0.1) is 0 Å². The van der Waals surface area contributed by atoms with Crippen LogP contribution in [0.2, 0.25) is 0 Å². The highest BCUT2D eigenvalue weighted by atomic mass is 19.1. The van der Waals surface area contributed by atoms with Gasteiger partial charge in [0.25, 0.3) is 5.91 Å². The maximum absolute atomic E-state index is 14.3. The number of hydrogen-bond acceptors (Lipinski definition) is 4. The zero-order valence-electron chi connectivity index (χ0n) is 15.4. The number of aliphatic hydroxyl groups excluding tert-OH is 1. The number of carbonyl (C=O) groups is 1. The van der Waals surface area contributed by atoms with E-state index in [1.165, 1.54) is 48.1 Å². The van der Waals surface area contributed by atoms with Crippen molar-refractivity contribution < 1.29 is 28.5 Å². The largest absolute Gasteiger partial charge is 0.494 e. The molecule has 0 fully saturated rings. The first-order chi connectivity index (χ1) is 13.2. The summed E-state index contributed by atoms with van der Waals surface area (Å²) in [6.45, 7) is 4.85. The second kappa shape index (κ2) is 7.53. The fraction of sp³-hybridized carbons (Fsp3) is 0.190. The van der Waals surface area contributed by atoms with E-state index in [0.717, 1.165) is 0 Å². The van der Waals surface area contributed by atoms with Crippen molar-refractivity contribution in [1.29, 1.82) is 0 Å². The minimum absolute atomic E-state index is 0.0170. The highest BCUT2D eigenvalue weighted by molar-refractivity contribution is 6.04. The van der Waals surface area contributed by atoms with Crippen molar-refractivity contribution in [1.82, 2.24) is 4.57 Å². The van der Waals surface area contributed by atoms with E-state index in [2.05, 4.69) is 6.58 Å². The summed E-state index contributed by atoms with van der Waals surface area (Å²) in [5.74, 6) is -1.74. The quantitative estimate of drug-likeness (QED) is 0.657. The van der Waals surface area contributed by atoms with Gasteiger partial charge in [0.15, 0.2) is 17.9 Å². The van der Waals surface area contributed by atoms with Gasteiger partial charge in [-0.2, -0.15) is 0 Å². The fourth-order valence-corrected chi connectivity index (χ4v) is 3.26. The Labute approximate surface area is 160 Å². The molecule has 3 rings (SSSR count). The van der Waals surface area contributed by atoms with E-state index in [-0.39, 0.29) is 28.8 Å². The van der Waals surface area contributed by atoms with Crippen LogP contribution >= 0.6 is 0 Å². The molecule has 2 N–H and O–H groups in total. The Morgan fingerprint density at radius 3 is 2.36 bits per heavy atom. The number of aromatic nitrogens is 1. The molecule has 5 nitrogen and oxygen atoms in total. The Morgan fingerprint density at radius 1 is 1.21 bits per heavy atom. The molecule has 1 heterocycles. The maximum Gasteiger partial charge on any atom is 0.262 e. The molecular weight excluding hydrogens is 368 g/mol. The van der Waals surface area contributed by atoms with Gasteiger partial charge in [0, 0.05) is 34.7 Å². The molecule has 0 unspecified atom stereocenters. The Bertz CT molecular complexity index is 1070. The molecule has 0 bridgehead atoms. The smallest absolute Gasteiger partial charge is 0.262 e. The number of ether oxygens (including phenoxy) is 1. The molecule has 0 amide bonds. The molecule has 0 spiro atoms. The van der Waals surface area contributed by atoms with Gasteiger partial charge in [0.1, 0.15) is 5.83 Å². The molecule has 0 aliphatic rings. The lowest BCUT2D eigenvalue weighted by molar-refractivity contribution is -0.0380. The normalized spacial score (nSPS) is 11.2. The third kappa shape index (κ3) is 3.42. The summed E-state index contributed by atoms with van der Waals surface area (Å²) in [4.78, 5) is 13.1. The van der Waals surface area contributed by atoms with Crippen LogP contribution in [0.5, 0.6) is 5.75 Å². The van der Waals surface area contributed by atoms with Gasteiger partial charge in [-0.1, -0.05) is 18.7 Å². The zero-order chi connectivity index (χ0) is 20.6. The number of carbonyl (C=O) groups excluding carboxylic acids is 1. The zero-order valence-corrected chi connectivity index (χ0v) is 15.4. The molecule has 0 radical (unpaired) electrons. The van der Waals surface area contributed by atoms with Gasteiger partial charge in [-0.25, -0.2) is 8.78 Å². The maximum atomic E-state index is 14.3. The first kappa shape index (κ1) is 19.7. The van der Waals surface area contributed by atoms with Gasteiger partial charge in [0.05, 0.1) is 12.6 Å². The van der Waals surface area contributed by atoms with E-state index < -0.39 is 23.8 Å². The standard InChI is InChI=1S/C21H19F2NO4/c1-11(22)13-4-6-14(7-5-13)21(27)24-12(2)15(9-20(25)26)16-8-19(28-3)17(23)10-18(16)24/h4-8,10,20,25-26H,1,9H2,2-3H3. The predicted molar refractivity (Wildman–Crippen MR) is 101 cm³/mol. The second-order valence-corrected chi connectivity index (χ2v) is 6.38. The van der Waals surface area contributed by atoms with E-state index in [4.69, 9.17) is 4.74 Å². The average molecular weight is 387 g/mol. The van der Waals surface area contributed by atoms with Crippen LogP contribution in [-0.4, -0.2) is 34.1 Å². The topological polar surface area (TPSA) is 71.7 Å². The lowest BCUT2D eigenvalue weighted by Crippen LogP contribution is -2.15. The van der Waals surface area contributed by atoms with Gasteiger partial charge < -0.3 is 14.9 Å². The van der Waals surface area contributed by atoms with E-state index in [1.54, 1.807) is 6.92 Å². The molecule has 1 aromatic heterocycles. The number of aliphatic hydroxyl groups is 2. The van der Waals surface area contributed by atoms with Crippen molar-refractivity contribution in [3.63, 3.8) is 0 Å². The van der Waals surface area contributed by atoms with Gasteiger partial charge >= 0.3 is 0 Å². The number of fused-ring (bicyclic) bond motifs is 1. The lowest BCUT2D eigenvalue weighted by Gasteiger charge is -2.09. The minimum atomic E-state index is -1.64. The number of halogens is 2. The summed E-state index contributed by atoms with van der Waals surface area (Å²) in [5.41, 5.74) is 1.73. The highest BCUT2D eigenvalue weighted by Crippen LogP contribution is 2.33. The van der Waals surface area contributed by atoms with Gasteiger partial charge in [-0.05, 0) is 30.7 Å². The van der Waals surface area contributed by atoms with Crippen molar-refractivity contribution in [3.8, 4) is 5.75 Å². The van der Waals surface area contributed by atoms with Crippen molar-refractivity contribution in [2.45, 2.75) is 19.6 Å². The number of methoxy groups -OCH3 is 1. The Balaban J connectivity index is 2.21. The number of nitrogens with zero attached hydrogens (tertiary/aromatic N) is 1. The summed E-state index contributed by atoms with van der Waals surface area (Å²) < 4.78 is 33.8. The van der Waals surface area contributed by atoms with E-state index >= 15 is 0 Å². The van der Waals surface area contributed by atoms with Crippen LogP contribution in [0.4, 0.5) is 8.78 Å². The van der Waals surface area contributed by atoms with Crippen molar-refractivity contribution in [3.05, 3.63) is 71.2 Å². The van der Waals surface area contributed by atoms with E-state index in [0.29, 0.717) is 16.6 Å². The number of hydrogen-bond donors (Lipinski definition) is 2. The molecule has 0 saturated heterocycles. The summed E-state index contributed by atoms with van der Waals surface area (Å²) in [6.07, 6.45) is -1.78. The van der Waals surface area contributed by atoms with Crippen LogP contribution in [-0.2, 0) is 6.42 Å². The van der Waals surface area contributed by atoms with Crippen LogP contribution in [0, 0.1) is 12.7 Å². The number of rotatable bonds is 5. The molecular formula is C21H19F2NO4. The van der Waals surface area contributed by atoms with Crippen LogP contribution in [0.25, 0.3) is 16.7 Å². The monoisotopic (exact) mass is 387 g/mol. The van der Waals surface area contributed by atoms with Crippen molar-refractivity contribution >= 4 is 22.6 Å². The number of benzene rings is 2. The van der Waals surface area contributed by atoms with Gasteiger partial charge in [-0.3, -0.25) is 9.36 Å². The molecule has 0 saturated carbocycles. The van der Waals surface area contributed by atoms with E-state index in [9.17, 15) is 23.8 Å². The van der Waals surface area contributed by atoms with Crippen molar-refractivity contribution in [2.24, 2.45) is 0 Å². The summed E-state index contributed by atoms with van der Waals surface area (Å²) in [7, 11) is 1.32. The lowest BCUT2D eigenvalue weighted by atomic mass is 10.1. The minimum Gasteiger partial charge on any atom is -0.494 e. The Kier molecular flexibility index (Phi) is 5.31. The summed E-state index contributed by atoms with van der Waals surface area (Å²) >= 11 is 0. The highest BCUT2D eigenvalue weighted by Gasteiger charge is 2.23. The Morgan fingerprint density at radius 2 is 1.82 bits per heavy atom. The first-order valence-corrected chi connectivity index (χ1v) is 8.47. The molecule has 7 heteroatoms. The summed E-state index contributed by atoms with van der Waals surface area (Å²) in [5, 5.41) is 19.3. The molecule has 0 aliphatic carbocycles. The third-order valence-electron chi connectivity index (χ3n) is 4.64. The predicted octanol–water partition coefficient (Wildman–Crippen LogP) is 3.58. The molecule has 146 valence electrons. The molecule has 0 atom stereocenters. The van der Waals surface area contributed by atoms with E-state index in [1.807, 2.05) is 0 Å². The van der Waals surface area contributed by atoms with Crippen molar-refractivity contribution in [2.75, 3.05) is 7.11 Å². The molecule has 0 aliphatic heterocycles. The second-order valence-electron chi connectivity index (χ2n) is 6.38. The summed E-state index contributed by atoms with van der Waals surface area (Å²) in [6, 6.07) is 8.36. The van der Waals surface area contributed by atoms with Gasteiger partial charge in [0.2, 0.25) is 0 Å². The molecule has 2 aromatic carbocycles.